The number of aromatic hydroxyl groups is 1. The van der Waals surface area contributed by atoms with Gasteiger partial charge in [0, 0.05) is 17.6 Å². The van der Waals surface area contributed by atoms with Crippen molar-refractivity contribution >= 4 is 40.7 Å². The molecule has 7 nitrogen and oxygen atoms in total. The third-order valence-electron chi connectivity index (χ3n) is 4.60. The Morgan fingerprint density at radius 3 is 2.86 bits per heavy atom. The Morgan fingerprint density at radius 2 is 2.14 bits per heavy atom. The molecule has 0 saturated heterocycles. The van der Waals surface area contributed by atoms with Crippen molar-refractivity contribution in [3.05, 3.63) is 36.7 Å². The average molecular weight is 422 g/mol. The van der Waals surface area contributed by atoms with Gasteiger partial charge in [0.25, 0.3) is 5.56 Å². The molecule has 1 aliphatic carbocycles. The highest BCUT2D eigenvalue weighted by Gasteiger charge is 2.26. The maximum Gasteiger partial charge on any atom is 0.341 e. The van der Waals surface area contributed by atoms with Gasteiger partial charge in [0.05, 0.1) is 12.2 Å². The minimum absolute atomic E-state index is 0.0169. The number of ether oxygens (including phenoxy) is 1. The molecule has 0 spiro atoms. The van der Waals surface area contributed by atoms with Gasteiger partial charge in [0.15, 0.2) is 4.77 Å². The van der Waals surface area contributed by atoms with Crippen LogP contribution in [0.5, 0.6) is 5.88 Å². The van der Waals surface area contributed by atoms with Crippen molar-refractivity contribution in [3.8, 4) is 5.88 Å². The monoisotopic (exact) mass is 421 g/mol. The fraction of sp³-hybridized carbons (Fsp3) is 0.474. The zero-order chi connectivity index (χ0) is 20.3. The van der Waals surface area contributed by atoms with Crippen molar-refractivity contribution in [1.29, 1.82) is 0 Å². The van der Waals surface area contributed by atoms with Crippen molar-refractivity contribution in [3.63, 3.8) is 0 Å². The summed E-state index contributed by atoms with van der Waals surface area (Å²) in [6, 6.07) is 0. The minimum atomic E-state index is -0.516. The van der Waals surface area contributed by atoms with E-state index in [0.717, 1.165) is 42.5 Å². The smallest absolute Gasteiger partial charge is 0.341 e. The van der Waals surface area contributed by atoms with Crippen LogP contribution in [0.25, 0.3) is 0 Å². The highest BCUT2D eigenvalue weighted by molar-refractivity contribution is 7.71. The molecule has 0 amide bonds. The maximum atomic E-state index is 12.5. The molecule has 2 N–H and O–H groups in total. The van der Waals surface area contributed by atoms with Gasteiger partial charge in [-0.1, -0.05) is 6.92 Å². The molecule has 28 heavy (non-hydrogen) atoms. The van der Waals surface area contributed by atoms with Crippen LogP contribution in [0.3, 0.4) is 0 Å². The minimum Gasteiger partial charge on any atom is -0.494 e. The molecule has 0 bridgehead atoms. The van der Waals surface area contributed by atoms with Crippen LogP contribution in [-0.4, -0.2) is 33.4 Å². The number of esters is 1. The second kappa shape index (κ2) is 8.83. The van der Waals surface area contributed by atoms with E-state index in [2.05, 4.69) is 9.98 Å². The Labute approximate surface area is 171 Å². The summed E-state index contributed by atoms with van der Waals surface area (Å²) in [6.07, 6.45) is 5.88. The number of nitrogens with one attached hydrogen (secondary N) is 1. The first-order valence-corrected chi connectivity index (χ1v) is 10.6. The first kappa shape index (κ1) is 20.5. The molecule has 3 rings (SSSR count). The largest absolute Gasteiger partial charge is 0.494 e. The van der Waals surface area contributed by atoms with E-state index in [1.807, 2.05) is 6.92 Å². The Hall–Kier alpha value is -2.26. The Kier molecular flexibility index (Phi) is 6.46. The second-order valence-corrected chi connectivity index (χ2v) is 7.99. The van der Waals surface area contributed by atoms with Gasteiger partial charge in [-0.2, -0.15) is 0 Å². The van der Waals surface area contributed by atoms with E-state index in [-0.39, 0.29) is 22.8 Å². The summed E-state index contributed by atoms with van der Waals surface area (Å²) in [5.41, 5.74) is 0.984. The second-order valence-electron chi connectivity index (χ2n) is 6.52. The third-order valence-corrected chi connectivity index (χ3v) is 6.12. The number of hydrogen-bond acceptors (Lipinski definition) is 7. The predicted octanol–water partition coefficient (Wildman–Crippen LogP) is 3.89. The number of carbonyl (C=O) groups is 1. The number of aryl methyl sites for hydroxylation is 1. The van der Waals surface area contributed by atoms with Crippen LogP contribution in [0.4, 0.5) is 5.00 Å². The van der Waals surface area contributed by atoms with Crippen LogP contribution >= 0.6 is 23.6 Å². The number of rotatable bonds is 6. The topological polar surface area (TPSA) is 96.7 Å². The van der Waals surface area contributed by atoms with Crippen molar-refractivity contribution < 1.29 is 14.6 Å². The molecule has 0 aromatic carbocycles. The fourth-order valence-electron chi connectivity index (χ4n) is 3.30. The number of nitrogens with zero attached hydrogens (tertiary/aromatic N) is 2. The molecule has 2 heterocycles. The summed E-state index contributed by atoms with van der Waals surface area (Å²) in [7, 11) is 0. The number of fused-ring (bicyclic) bond motifs is 1. The van der Waals surface area contributed by atoms with Gasteiger partial charge < -0.3 is 9.84 Å². The van der Waals surface area contributed by atoms with Gasteiger partial charge >= 0.3 is 5.97 Å². The molecule has 0 unspecified atom stereocenters. The predicted molar refractivity (Wildman–Crippen MR) is 112 cm³/mol. The van der Waals surface area contributed by atoms with Crippen LogP contribution in [0.2, 0.25) is 0 Å². The van der Waals surface area contributed by atoms with E-state index < -0.39 is 11.5 Å². The lowest BCUT2D eigenvalue weighted by atomic mass is 9.95. The number of H-pyrrole nitrogens is 1. The number of carbonyl (C=O) groups excluding carboxylic acids is 1. The molecule has 0 radical (unpaired) electrons. The first-order valence-electron chi connectivity index (χ1n) is 9.39. The number of thiophene rings is 1. The molecule has 0 atom stereocenters. The summed E-state index contributed by atoms with van der Waals surface area (Å²) in [5.74, 6) is -0.618. The molecule has 9 heteroatoms. The molecular formula is C19H23N3O4S2. The zero-order valence-corrected chi connectivity index (χ0v) is 17.5. The van der Waals surface area contributed by atoms with Gasteiger partial charge in [0.1, 0.15) is 10.6 Å². The van der Waals surface area contributed by atoms with E-state index >= 15 is 0 Å². The van der Waals surface area contributed by atoms with Crippen LogP contribution in [0.1, 0.15) is 59.5 Å². The summed E-state index contributed by atoms with van der Waals surface area (Å²) in [6.45, 7) is 4.47. The van der Waals surface area contributed by atoms with Crippen LogP contribution in [0, 0.1) is 4.77 Å². The number of hydrogen-bond donors (Lipinski definition) is 2. The quantitative estimate of drug-likeness (QED) is 0.419. The highest BCUT2D eigenvalue weighted by Crippen LogP contribution is 2.40. The standard InChI is InChI=1S/C19H23N3O4S2/c1-3-9-22-17(24)12(15(23)21-19(22)27)10-20-16-14(18(25)26-4-2)11-7-5-6-8-13(11)28-16/h10,24H,3-9H2,1-2H3,(H,21,23,27)/b20-10+. The SMILES string of the molecule is CCCn1c(O)c(/C=N/c2sc3c(c2C(=O)OCC)CCCC3)c(=O)[nH]c1=S. The number of aliphatic imine (C=N–C) groups is 1. The van der Waals surface area contributed by atoms with E-state index in [1.165, 1.54) is 22.1 Å². The lowest BCUT2D eigenvalue weighted by molar-refractivity contribution is 0.0526. The summed E-state index contributed by atoms with van der Waals surface area (Å²) in [5, 5.41) is 11.0. The molecule has 2 aromatic rings. The van der Waals surface area contributed by atoms with Crippen LogP contribution in [-0.2, 0) is 24.1 Å². The van der Waals surface area contributed by atoms with Crippen LogP contribution < -0.4 is 5.56 Å². The number of aromatic nitrogens is 2. The van der Waals surface area contributed by atoms with Gasteiger partial charge in [-0.25, -0.2) is 9.79 Å². The Balaban J connectivity index is 2.07. The van der Waals surface area contributed by atoms with Gasteiger partial charge in [-0.05, 0) is 56.8 Å². The fourth-order valence-corrected chi connectivity index (χ4v) is 4.79. The molecule has 0 saturated carbocycles. The summed E-state index contributed by atoms with van der Waals surface area (Å²) in [4.78, 5) is 32.9. The lowest BCUT2D eigenvalue weighted by Gasteiger charge is -2.11. The number of aromatic amines is 1. The molecule has 150 valence electrons. The molecule has 2 aromatic heterocycles. The van der Waals surface area contributed by atoms with Crippen molar-refractivity contribution in [2.24, 2.45) is 4.99 Å². The Bertz CT molecular complexity index is 1030. The summed E-state index contributed by atoms with van der Waals surface area (Å²) >= 11 is 6.56. The average Bonchev–Trinajstić information content (AvgIpc) is 3.03. The van der Waals surface area contributed by atoms with Gasteiger partial charge in [0.2, 0.25) is 5.88 Å². The molecule has 1 aliphatic rings. The third kappa shape index (κ3) is 3.95. The zero-order valence-electron chi connectivity index (χ0n) is 15.9. The van der Waals surface area contributed by atoms with Crippen LogP contribution in [0.15, 0.2) is 9.79 Å². The highest BCUT2D eigenvalue weighted by atomic mass is 32.1. The van der Waals surface area contributed by atoms with E-state index in [1.54, 1.807) is 6.92 Å². The van der Waals surface area contributed by atoms with Crippen molar-refractivity contribution in [1.82, 2.24) is 9.55 Å². The van der Waals surface area contributed by atoms with E-state index in [4.69, 9.17) is 17.0 Å². The first-order chi connectivity index (χ1) is 13.5. The van der Waals surface area contributed by atoms with Crippen molar-refractivity contribution in [2.75, 3.05) is 6.61 Å². The van der Waals surface area contributed by atoms with Gasteiger partial charge in [-0.3, -0.25) is 14.3 Å². The Morgan fingerprint density at radius 1 is 1.39 bits per heavy atom. The van der Waals surface area contributed by atoms with E-state index in [0.29, 0.717) is 17.1 Å². The normalized spacial score (nSPS) is 13.6. The lowest BCUT2D eigenvalue weighted by Crippen LogP contribution is -2.18. The van der Waals surface area contributed by atoms with Crippen molar-refractivity contribution in [2.45, 2.75) is 52.5 Å². The van der Waals surface area contributed by atoms with E-state index in [9.17, 15) is 14.7 Å². The maximum absolute atomic E-state index is 12.5. The molecular weight excluding hydrogens is 398 g/mol. The van der Waals surface area contributed by atoms with Gasteiger partial charge in [-0.15, -0.1) is 11.3 Å². The molecule has 0 aliphatic heterocycles. The molecule has 0 fully saturated rings. The summed E-state index contributed by atoms with van der Waals surface area (Å²) < 4.78 is 6.85.